The SMILES string of the molecule is CCOc1cc(/C=c2/sc3n(c2=O)[C@H](c2ccccc2)C(C(=O)Nc2ccccc2)=C(C)N=3)ccc1OCC(=O)N1CCCC1. The molecule has 4 aromatic rings. The molecule has 1 atom stereocenters. The van der Waals surface area contributed by atoms with Gasteiger partial charge in [0.05, 0.1) is 28.5 Å². The fourth-order valence-electron chi connectivity index (χ4n) is 5.63. The number of carbonyl (C=O) groups excluding carboxylic acids is 2. The Labute approximate surface area is 264 Å². The van der Waals surface area contributed by atoms with E-state index in [1.165, 1.54) is 11.3 Å². The van der Waals surface area contributed by atoms with Crippen molar-refractivity contribution in [1.82, 2.24) is 9.47 Å². The van der Waals surface area contributed by atoms with Gasteiger partial charge in [0, 0.05) is 18.8 Å². The van der Waals surface area contributed by atoms with Crippen molar-refractivity contribution < 1.29 is 19.1 Å². The molecule has 3 aromatic carbocycles. The Kier molecular flexibility index (Phi) is 8.93. The highest BCUT2D eigenvalue weighted by Crippen LogP contribution is 2.31. The Morgan fingerprint density at radius 2 is 1.69 bits per heavy atom. The Balaban J connectivity index is 1.35. The molecule has 3 heterocycles. The summed E-state index contributed by atoms with van der Waals surface area (Å²) in [5, 5.41) is 2.97. The smallest absolute Gasteiger partial charge is 0.271 e. The molecule has 0 spiro atoms. The lowest BCUT2D eigenvalue weighted by atomic mass is 9.95. The summed E-state index contributed by atoms with van der Waals surface area (Å²) in [6, 6.07) is 23.5. The molecule has 0 bridgehead atoms. The first-order chi connectivity index (χ1) is 21.9. The number of amides is 2. The van der Waals surface area contributed by atoms with E-state index in [9.17, 15) is 14.4 Å². The van der Waals surface area contributed by atoms with Crippen molar-refractivity contribution in [3.63, 3.8) is 0 Å². The standard InChI is InChI=1S/C35H34N4O5S/c1-3-43-28-20-24(16-17-27(28)44-22-30(40)38-18-10-11-19-38)21-29-34(42)39-32(25-12-6-4-7-13-25)31(23(2)36-35(39)45-29)33(41)37-26-14-8-5-9-15-26/h4-9,12-17,20-21,32H,3,10-11,18-19,22H2,1-2H3,(H,37,41)/b29-21+/t32-/m1/s1. The van der Waals surface area contributed by atoms with Gasteiger partial charge in [-0.15, -0.1) is 0 Å². The minimum absolute atomic E-state index is 0.0415. The number of benzene rings is 3. The van der Waals surface area contributed by atoms with Crippen LogP contribution in [0.3, 0.4) is 0 Å². The van der Waals surface area contributed by atoms with Gasteiger partial charge in [-0.1, -0.05) is 65.9 Å². The number of nitrogens with zero attached hydrogens (tertiary/aromatic N) is 3. The number of aromatic nitrogens is 1. The number of fused-ring (bicyclic) bond motifs is 1. The minimum Gasteiger partial charge on any atom is -0.490 e. The van der Waals surface area contributed by atoms with Crippen molar-refractivity contribution in [3.8, 4) is 11.5 Å². The third-order valence-corrected chi connectivity index (χ3v) is 8.77. The summed E-state index contributed by atoms with van der Waals surface area (Å²) < 4.78 is 13.8. The molecule has 10 heteroatoms. The van der Waals surface area contributed by atoms with Gasteiger partial charge in [0.25, 0.3) is 17.4 Å². The molecule has 0 saturated carbocycles. The first kappa shape index (κ1) is 30.1. The highest BCUT2D eigenvalue weighted by Gasteiger charge is 2.32. The summed E-state index contributed by atoms with van der Waals surface area (Å²) in [6.07, 6.45) is 3.82. The van der Waals surface area contributed by atoms with Crippen LogP contribution < -0.4 is 29.7 Å². The summed E-state index contributed by atoms with van der Waals surface area (Å²) >= 11 is 1.27. The first-order valence-electron chi connectivity index (χ1n) is 15.0. The van der Waals surface area contributed by atoms with Crippen LogP contribution in [0, 0.1) is 0 Å². The third-order valence-electron chi connectivity index (χ3n) is 7.79. The van der Waals surface area contributed by atoms with E-state index in [1.807, 2.05) is 78.6 Å². The number of rotatable bonds is 9. The lowest BCUT2D eigenvalue weighted by Crippen LogP contribution is -2.40. The van der Waals surface area contributed by atoms with Crippen LogP contribution in [-0.4, -0.2) is 47.6 Å². The molecule has 2 amide bonds. The van der Waals surface area contributed by atoms with E-state index < -0.39 is 6.04 Å². The zero-order valence-corrected chi connectivity index (χ0v) is 26.0. The normalized spacial score (nSPS) is 16.3. The highest BCUT2D eigenvalue weighted by atomic mass is 32.1. The molecule has 0 aliphatic carbocycles. The van der Waals surface area contributed by atoms with Gasteiger partial charge in [0.15, 0.2) is 22.9 Å². The van der Waals surface area contributed by atoms with E-state index in [4.69, 9.17) is 14.5 Å². The lowest BCUT2D eigenvalue weighted by Gasteiger charge is -2.25. The quantitative estimate of drug-likeness (QED) is 0.301. The van der Waals surface area contributed by atoms with Crippen molar-refractivity contribution in [2.75, 3.05) is 31.6 Å². The number of hydrogen-bond acceptors (Lipinski definition) is 7. The van der Waals surface area contributed by atoms with Crippen LogP contribution in [0.1, 0.15) is 43.9 Å². The highest BCUT2D eigenvalue weighted by molar-refractivity contribution is 7.07. The van der Waals surface area contributed by atoms with Crippen molar-refractivity contribution in [1.29, 1.82) is 0 Å². The molecule has 1 fully saturated rings. The third kappa shape index (κ3) is 6.46. The maximum absolute atomic E-state index is 14.0. The zero-order chi connectivity index (χ0) is 31.3. The van der Waals surface area contributed by atoms with E-state index in [2.05, 4.69) is 5.32 Å². The molecule has 1 aromatic heterocycles. The number of carbonyl (C=O) groups is 2. The number of hydrogen-bond donors (Lipinski definition) is 1. The second-order valence-corrected chi connectivity index (χ2v) is 11.8. The minimum atomic E-state index is -0.656. The predicted molar refractivity (Wildman–Crippen MR) is 174 cm³/mol. The predicted octanol–water partition coefficient (Wildman–Crippen LogP) is 4.27. The second-order valence-electron chi connectivity index (χ2n) is 10.8. The molecule has 2 aliphatic heterocycles. The van der Waals surface area contributed by atoms with E-state index in [-0.39, 0.29) is 24.0 Å². The Bertz CT molecular complexity index is 1930. The summed E-state index contributed by atoms with van der Waals surface area (Å²) in [5.74, 6) is 0.605. The lowest BCUT2D eigenvalue weighted by molar-refractivity contribution is -0.132. The van der Waals surface area contributed by atoms with Gasteiger partial charge < -0.3 is 19.7 Å². The molecular weight excluding hydrogens is 588 g/mol. The molecular formula is C35H34N4O5S. The average molecular weight is 623 g/mol. The summed E-state index contributed by atoms with van der Waals surface area (Å²) in [7, 11) is 0. The number of thiazole rings is 1. The van der Waals surface area contributed by atoms with Gasteiger partial charge in [0.1, 0.15) is 0 Å². The molecule has 2 aliphatic rings. The van der Waals surface area contributed by atoms with Gasteiger partial charge in [-0.3, -0.25) is 19.0 Å². The number of anilines is 1. The number of nitrogens with one attached hydrogen (secondary N) is 1. The van der Waals surface area contributed by atoms with Gasteiger partial charge in [-0.05, 0) is 68.2 Å². The number of para-hydroxylation sites is 1. The van der Waals surface area contributed by atoms with Crippen LogP contribution in [0.25, 0.3) is 6.08 Å². The van der Waals surface area contributed by atoms with Crippen LogP contribution in [0.5, 0.6) is 11.5 Å². The zero-order valence-electron chi connectivity index (χ0n) is 25.2. The van der Waals surface area contributed by atoms with Crippen LogP contribution in [0.2, 0.25) is 0 Å². The molecule has 9 nitrogen and oxygen atoms in total. The van der Waals surface area contributed by atoms with E-state index >= 15 is 0 Å². The van der Waals surface area contributed by atoms with Crippen molar-refractivity contribution in [2.45, 2.75) is 32.7 Å². The number of allylic oxidation sites excluding steroid dienone is 1. The van der Waals surface area contributed by atoms with Gasteiger partial charge >= 0.3 is 0 Å². The first-order valence-corrected chi connectivity index (χ1v) is 15.9. The van der Waals surface area contributed by atoms with Crippen molar-refractivity contribution in [3.05, 3.63) is 121 Å². The van der Waals surface area contributed by atoms with Crippen LogP contribution in [0.4, 0.5) is 5.69 Å². The Morgan fingerprint density at radius 3 is 2.40 bits per heavy atom. The Morgan fingerprint density at radius 1 is 0.978 bits per heavy atom. The van der Waals surface area contributed by atoms with E-state index in [0.717, 1.165) is 37.1 Å². The second kappa shape index (κ2) is 13.4. The number of ether oxygens (including phenoxy) is 2. The molecule has 45 heavy (non-hydrogen) atoms. The molecule has 6 rings (SSSR count). The molecule has 230 valence electrons. The molecule has 0 radical (unpaired) electrons. The van der Waals surface area contributed by atoms with Gasteiger partial charge in [-0.2, -0.15) is 0 Å². The topological polar surface area (TPSA) is 102 Å². The largest absolute Gasteiger partial charge is 0.490 e. The monoisotopic (exact) mass is 622 g/mol. The van der Waals surface area contributed by atoms with Crippen LogP contribution in [0.15, 0.2) is 99.9 Å². The fourth-order valence-corrected chi connectivity index (χ4v) is 6.68. The summed E-state index contributed by atoms with van der Waals surface area (Å²) in [4.78, 5) is 47.3. The average Bonchev–Trinajstić information content (AvgIpc) is 3.69. The maximum atomic E-state index is 14.0. The molecule has 0 unspecified atom stereocenters. The Hall–Kier alpha value is -4.96. The summed E-state index contributed by atoms with van der Waals surface area (Å²) in [6.45, 7) is 5.56. The van der Waals surface area contributed by atoms with Crippen LogP contribution in [-0.2, 0) is 9.59 Å². The van der Waals surface area contributed by atoms with E-state index in [0.29, 0.717) is 44.4 Å². The maximum Gasteiger partial charge on any atom is 0.271 e. The van der Waals surface area contributed by atoms with Gasteiger partial charge in [-0.25, -0.2) is 4.99 Å². The summed E-state index contributed by atoms with van der Waals surface area (Å²) in [5.41, 5.74) is 2.91. The molecule has 1 saturated heterocycles. The van der Waals surface area contributed by atoms with Crippen LogP contribution >= 0.6 is 11.3 Å². The van der Waals surface area contributed by atoms with Crippen molar-refractivity contribution >= 4 is 34.9 Å². The molecule has 1 N–H and O–H groups in total. The fraction of sp³-hybridized carbons (Fsp3) is 0.257. The van der Waals surface area contributed by atoms with E-state index in [1.54, 1.807) is 29.7 Å². The van der Waals surface area contributed by atoms with Gasteiger partial charge in [0.2, 0.25) is 0 Å². The number of likely N-dealkylation sites (tertiary alicyclic amines) is 1. The van der Waals surface area contributed by atoms with Crippen molar-refractivity contribution in [2.24, 2.45) is 4.99 Å².